The Labute approximate surface area is 163 Å². The molecule has 0 aliphatic heterocycles. The first-order chi connectivity index (χ1) is 13.4. The van der Waals surface area contributed by atoms with Gasteiger partial charge in [0.05, 0.1) is 22.4 Å². The fourth-order valence-electron chi connectivity index (χ4n) is 2.96. The molecule has 0 bridgehead atoms. The number of benzene rings is 2. The Morgan fingerprint density at radius 1 is 0.857 bits per heavy atom. The standard InChI is InChI=1S/C22H22N4O2/c1-12-4-5-15(21(27)25-17-7-8-17)10-19(12)26-22(28)16-6-9-18-20(11-16)24-14(3)13(2)23-18/h4-6,9-11,17H,7-8H2,1-3H3,(H,25,27)(H,26,28). The van der Waals surface area contributed by atoms with Crippen LogP contribution in [0.2, 0.25) is 0 Å². The number of fused-ring (bicyclic) bond motifs is 1. The molecular formula is C22H22N4O2. The molecule has 2 amide bonds. The fraction of sp³-hybridized carbons (Fsp3) is 0.273. The summed E-state index contributed by atoms with van der Waals surface area (Å²) in [6, 6.07) is 10.9. The first kappa shape index (κ1) is 18.1. The van der Waals surface area contributed by atoms with Crippen molar-refractivity contribution >= 4 is 28.5 Å². The molecule has 3 aromatic rings. The minimum Gasteiger partial charge on any atom is -0.349 e. The number of amides is 2. The highest BCUT2D eigenvalue weighted by molar-refractivity contribution is 6.07. The van der Waals surface area contributed by atoms with E-state index in [9.17, 15) is 9.59 Å². The van der Waals surface area contributed by atoms with E-state index in [1.54, 1.807) is 30.3 Å². The summed E-state index contributed by atoms with van der Waals surface area (Å²) in [7, 11) is 0. The number of aromatic nitrogens is 2. The predicted molar refractivity (Wildman–Crippen MR) is 109 cm³/mol. The average molecular weight is 374 g/mol. The minimum absolute atomic E-state index is 0.107. The summed E-state index contributed by atoms with van der Waals surface area (Å²) in [5.41, 5.74) is 5.72. The zero-order chi connectivity index (χ0) is 19.8. The fourth-order valence-corrected chi connectivity index (χ4v) is 2.96. The molecule has 2 aromatic carbocycles. The third-order valence-electron chi connectivity index (χ3n) is 5.00. The minimum atomic E-state index is -0.246. The second-order valence-corrected chi connectivity index (χ2v) is 7.33. The molecule has 0 spiro atoms. The van der Waals surface area contributed by atoms with Crippen LogP contribution in [0.4, 0.5) is 5.69 Å². The number of carbonyl (C=O) groups is 2. The van der Waals surface area contributed by atoms with Crippen molar-refractivity contribution in [3.05, 3.63) is 64.5 Å². The molecule has 0 saturated heterocycles. The molecule has 0 radical (unpaired) electrons. The van der Waals surface area contributed by atoms with Crippen LogP contribution in [-0.2, 0) is 0 Å². The van der Waals surface area contributed by atoms with Gasteiger partial charge in [0, 0.05) is 22.9 Å². The van der Waals surface area contributed by atoms with Crippen molar-refractivity contribution in [2.75, 3.05) is 5.32 Å². The van der Waals surface area contributed by atoms with E-state index in [-0.39, 0.29) is 17.9 Å². The molecule has 0 atom stereocenters. The predicted octanol–water partition coefficient (Wildman–Crippen LogP) is 3.70. The molecule has 1 aliphatic carbocycles. The largest absolute Gasteiger partial charge is 0.349 e. The summed E-state index contributed by atoms with van der Waals surface area (Å²) in [6.07, 6.45) is 2.07. The number of hydrogen-bond donors (Lipinski definition) is 2. The van der Waals surface area contributed by atoms with Crippen LogP contribution in [0.15, 0.2) is 36.4 Å². The average Bonchev–Trinajstić information content (AvgIpc) is 3.48. The molecule has 142 valence electrons. The van der Waals surface area contributed by atoms with Crippen LogP contribution in [-0.4, -0.2) is 27.8 Å². The SMILES string of the molecule is Cc1ccc(C(=O)NC2CC2)cc1NC(=O)c1ccc2nc(C)c(C)nc2c1. The molecule has 4 rings (SSSR count). The van der Waals surface area contributed by atoms with Gasteiger partial charge in [-0.05, 0) is 69.5 Å². The summed E-state index contributed by atoms with van der Waals surface area (Å²) in [4.78, 5) is 34.1. The van der Waals surface area contributed by atoms with Gasteiger partial charge in [0.2, 0.25) is 0 Å². The highest BCUT2D eigenvalue weighted by Crippen LogP contribution is 2.22. The summed E-state index contributed by atoms with van der Waals surface area (Å²) >= 11 is 0. The Kier molecular flexibility index (Phi) is 4.55. The van der Waals surface area contributed by atoms with Gasteiger partial charge in [-0.2, -0.15) is 0 Å². The topological polar surface area (TPSA) is 84.0 Å². The van der Waals surface area contributed by atoms with Gasteiger partial charge in [-0.15, -0.1) is 0 Å². The number of nitrogens with one attached hydrogen (secondary N) is 2. The highest BCUT2D eigenvalue weighted by atomic mass is 16.2. The lowest BCUT2D eigenvalue weighted by Crippen LogP contribution is -2.25. The number of aryl methyl sites for hydroxylation is 3. The maximum Gasteiger partial charge on any atom is 0.255 e. The zero-order valence-corrected chi connectivity index (χ0v) is 16.2. The molecule has 1 saturated carbocycles. The number of carbonyl (C=O) groups excluding carboxylic acids is 2. The number of nitrogens with zero attached hydrogens (tertiary/aromatic N) is 2. The smallest absolute Gasteiger partial charge is 0.255 e. The number of hydrogen-bond acceptors (Lipinski definition) is 4. The molecule has 1 heterocycles. The zero-order valence-electron chi connectivity index (χ0n) is 16.2. The van der Waals surface area contributed by atoms with E-state index in [0.717, 1.165) is 35.3 Å². The summed E-state index contributed by atoms with van der Waals surface area (Å²) in [5, 5.41) is 5.88. The normalized spacial score (nSPS) is 13.4. The van der Waals surface area contributed by atoms with E-state index in [2.05, 4.69) is 20.6 Å². The van der Waals surface area contributed by atoms with E-state index in [0.29, 0.717) is 22.3 Å². The second kappa shape index (κ2) is 7.03. The van der Waals surface area contributed by atoms with Crippen molar-refractivity contribution in [1.29, 1.82) is 0 Å². The van der Waals surface area contributed by atoms with Crippen LogP contribution < -0.4 is 10.6 Å². The molecule has 0 unspecified atom stereocenters. The lowest BCUT2D eigenvalue weighted by Gasteiger charge is -2.11. The summed E-state index contributed by atoms with van der Waals surface area (Å²) in [5.74, 6) is -0.352. The molecule has 1 fully saturated rings. The van der Waals surface area contributed by atoms with Crippen molar-refractivity contribution in [3.8, 4) is 0 Å². The third-order valence-corrected chi connectivity index (χ3v) is 5.00. The number of rotatable bonds is 4. The van der Waals surface area contributed by atoms with Crippen LogP contribution in [0.25, 0.3) is 11.0 Å². The molecule has 1 aliphatic rings. The van der Waals surface area contributed by atoms with Gasteiger partial charge in [0.1, 0.15) is 0 Å². The first-order valence-electron chi connectivity index (χ1n) is 9.38. The Morgan fingerprint density at radius 3 is 2.21 bits per heavy atom. The second-order valence-electron chi connectivity index (χ2n) is 7.33. The van der Waals surface area contributed by atoms with Crippen molar-refractivity contribution < 1.29 is 9.59 Å². The van der Waals surface area contributed by atoms with Crippen molar-refractivity contribution in [2.45, 2.75) is 39.7 Å². The monoisotopic (exact) mass is 374 g/mol. The van der Waals surface area contributed by atoms with Crippen LogP contribution in [0.5, 0.6) is 0 Å². The van der Waals surface area contributed by atoms with E-state index in [1.807, 2.05) is 26.8 Å². The van der Waals surface area contributed by atoms with E-state index >= 15 is 0 Å². The maximum atomic E-state index is 12.8. The van der Waals surface area contributed by atoms with E-state index < -0.39 is 0 Å². The van der Waals surface area contributed by atoms with Crippen LogP contribution in [0.1, 0.15) is 50.5 Å². The Bertz CT molecular complexity index is 1100. The van der Waals surface area contributed by atoms with Crippen LogP contribution in [0.3, 0.4) is 0 Å². The van der Waals surface area contributed by atoms with Gasteiger partial charge in [0.15, 0.2) is 0 Å². The molecule has 1 aromatic heterocycles. The highest BCUT2D eigenvalue weighted by Gasteiger charge is 2.24. The molecular weight excluding hydrogens is 352 g/mol. The van der Waals surface area contributed by atoms with E-state index in [4.69, 9.17) is 0 Å². The quantitative estimate of drug-likeness (QED) is 0.729. The van der Waals surface area contributed by atoms with Crippen LogP contribution >= 0.6 is 0 Å². The van der Waals surface area contributed by atoms with Gasteiger partial charge in [0.25, 0.3) is 11.8 Å². The summed E-state index contributed by atoms with van der Waals surface area (Å²) < 4.78 is 0. The molecule has 2 N–H and O–H groups in total. The maximum absolute atomic E-state index is 12.8. The Balaban J connectivity index is 1.58. The third kappa shape index (κ3) is 3.71. The molecule has 6 heteroatoms. The van der Waals surface area contributed by atoms with Gasteiger partial charge in [-0.25, -0.2) is 9.97 Å². The summed E-state index contributed by atoms with van der Waals surface area (Å²) in [6.45, 7) is 5.71. The molecule has 6 nitrogen and oxygen atoms in total. The van der Waals surface area contributed by atoms with Gasteiger partial charge in [-0.1, -0.05) is 6.07 Å². The Hall–Kier alpha value is -3.28. The van der Waals surface area contributed by atoms with Crippen molar-refractivity contribution in [2.24, 2.45) is 0 Å². The van der Waals surface area contributed by atoms with Gasteiger partial charge < -0.3 is 10.6 Å². The Morgan fingerprint density at radius 2 is 1.50 bits per heavy atom. The lowest BCUT2D eigenvalue weighted by molar-refractivity contribution is 0.0949. The van der Waals surface area contributed by atoms with Crippen LogP contribution in [0, 0.1) is 20.8 Å². The van der Waals surface area contributed by atoms with Crippen molar-refractivity contribution in [3.63, 3.8) is 0 Å². The lowest BCUT2D eigenvalue weighted by atomic mass is 10.1. The van der Waals surface area contributed by atoms with Gasteiger partial charge in [-0.3, -0.25) is 9.59 Å². The molecule has 28 heavy (non-hydrogen) atoms. The van der Waals surface area contributed by atoms with Crippen molar-refractivity contribution in [1.82, 2.24) is 15.3 Å². The van der Waals surface area contributed by atoms with E-state index in [1.165, 1.54) is 0 Å². The first-order valence-corrected chi connectivity index (χ1v) is 9.38. The number of anilines is 1. The van der Waals surface area contributed by atoms with Gasteiger partial charge >= 0.3 is 0 Å².